The van der Waals surface area contributed by atoms with E-state index in [1.807, 2.05) is 37.3 Å². The van der Waals surface area contributed by atoms with Crippen molar-refractivity contribution in [2.24, 2.45) is 0 Å². The summed E-state index contributed by atoms with van der Waals surface area (Å²) in [6, 6.07) is 9.42. The van der Waals surface area contributed by atoms with Crippen LogP contribution in [0.25, 0.3) is 0 Å². The quantitative estimate of drug-likeness (QED) is 0.767. The van der Waals surface area contributed by atoms with Crippen LogP contribution in [-0.2, 0) is 30.3 Å². The number of amides is 1. The molecule has 0 radical (unpaired) electrons. The molecule has 6 heteroatoms. The number of morpholine rings is 1. The minimum atomic E-state index is -0.976. The number of nitrogens with zero attached hydrogens (tertiary/aromatic N) is 1. The summed E-state index contributed by atoms with van der Waals surface area (Å²) < 4.78 is 15.7. The highest BCUT2D eigenvalue weighted by atomic mass is 16.7. The fourth-order valence-corrected chi connectivity index (χ4v) is 2.69. The summed E-state index contributed by atoms with van der Waals surface area (Å²) in [6.07, 6.45) is -2.49. The van der Waals surface area contributed by atoms with Gasteiger partial charge in [-0.15, -0.1) is 0 Å². The second kappa shape index (κ2) is 5.46. The van der Waals surface area contributed by atoms with Crippen molar-refractivity contribution in [1.82, 2.24) is 4.90 Å². The summed E-state index contributed by atoms with van der Waals surface area (Å²) in [5.74, 6) is -0.819. The number of rotatable bonds is 3. The molecule has 1 aromatic rings. The summed E-state index contributed by atoms with van der Waals surface area (Å²) in [4.78, 5) is 25.9. The highest BCUT2D eigenvalue weighted by Crippen LogP contribution is 2.32. The van der Waals surface area contributed by atoms with E-state index < -0.39 is 24.5 Å². The van der Waals surface area contributed by atoms with E-state index in [4.69, 9.17) is 9.47 Å². The van der Waals surface area contributed by atoms with E-state index in [2.05, 4.69) is 4.74 Å². The molecule has 2 fully saturated rings. The van der Waals surface area contributed by atoms with Crippen molar-refractivity contribution in [1.29, 1.82) is 0 Å². The standard InChI is InChI=1S/C15H17NO5/c1-9-15-20-11(12(21-15)14(18)19-2)13(17)16(9)8-10-6-4-3-5-7-10/h3-7,9,11-12,15H,8H2,1-2H3/t9-,11+,12+,15-/m0/s1. The van der Waals surface area contributed by atoms with E-state index in [-0.39, 0.29) is 11.9 Å². The normalized spacial score (nSPS) is 31.3. The molecular weight excluding hydrogens is 274 g/mol. The number of ether oxygens (including phenoxy) is 3. The van der Waals surface area contributed by atoms with Crippen LogP contribution in [0, 0.1) is 0 Å². The van der Waals surface area contributed by atoms with Gasteiger partial charge < -0.3 is 19.1 Å². The number of carbonyl (C=O) groups excluding carboxylic acids is 2. The second-order valence-corrected chi connectivity index (χ2v) is 5.20. The molecule has 0 spiro atoms. The average molecular weight is 291 g/mol. The van der Waals surface area contributed by atoms with Crippen LogP contribution >= 0.6 is 0 Å². The summed E-state index contributed by atoms with van der Waals surface area (Å²) in [7, 11) is 1.27. The fourth-order valence-electron chi connectivity index (χ4n) is 2.69. The Morgan fingerprint density at radius 3 is 2.67 bits per heavy atom. The van der Waals surface area contributed by atoms with E-state index in [0.29, 0.717) is 6.54 Å². The van der Waals surface area contributed by atoms with Crippen LogP contribution < -0.4 is 0 Å². The first-order valence-electron chi connectivity index (χ1n) is 6.85. The predicted octanol–water partition coefficient (Wildman–Crippen LogP) is 0.700. The van der Waals surface area contributed by atoms with Gasteiger partial charge in [0.1, 0.15) is 0 Å². The van der Waals surface area contributed by atoms with Gasteiger partial charge in [0.2, 0.25) is 0 Å². The topological polar surface area (TPSA) is 65.1 Å². The number of carbonyl (C=O) groups is 2. The molecule has 2 aliphatic rings. The van der Waals surface area contributed by atoms with Gasteiger partial charge in [0, 0.05) is 6.54 Å². The number of benzene rings is 1. The van der Waals surface area contributed by atoms with Crippen molar-refractivity contribution in [3.8, 4) is 0 Å². The van der Waals surface area contributed by atoms with Gasteiger partial charge in [-0.2, -0.15) is 0 Å². The Labute approximate surface area is 122 Å². The van der Waals surface area contributed by atoms with Gasteiger partial charge >= 0.3 is 5.97 Å². The molecule has 0 aromatic heterocycles. The summed E-state index contributed by atoms with van der Waals surface area (Å²) in [5, 5.41) is 0. The maximum absolute atomic E-state index is 12.5. The molecule has 0 N–H and O–H groups in total. The monoisotopic (exact) mass is 291 g/mol. The van der Waals surface area contributed by atoms with Crippen LogP contribution in [0.3, 0.4) is 0 Å². The lowest BCUT2D eigenvalue weighted by Gasteiger charge is -2.36. The molecule has 2 aliphatic heterocycles. The third-order valence-corrected chi connectivity index (χ3v) is 3.88. The molecule has 0 saturated carbocycles. The zero-order chi connectivity index (χ0) is 15.0. The van der Waals surface area contributed by atoms with Crippen LogP contribution in [0.4, 0.5) is 0 Å². The Balaban J connectivity index is 1.81. The molecule has 21 heavy (non-hydrogen) atoms. The minimum Gasteiger partial charge on any atom is -0.467 e. The number of hydrogen-bond acceptors (Lipinski definition) is 5. The van der Waals surface area contributed by atoms with Crippen LogP contribution in [-0.4, -0.2) is 48.4 Å². The van der Waals surface area contributed by atoms with E-state index in [1.165, 1.54) is 7.11 Å². The Morgan fingerprint density at radius 2 is 2.00 bits per heavy atom. The Bertz CT molecular complexity index is 546. The van der Waals surface area contributed by atoms with Crippen LogP contribution in [0.15, 0.2) is 30.3 Å². The second-order valence-electron chi connectivity index (χ2n) is 5.20. The van der Waals surface area contributed by atoms with Gasteiger partial charge in [-0.1, -0.05) is 30.3 Å². The van der Waals surface area contributed by atoms with Gasteiger partial charge in [-0.3, -0.25) is 4.79 Å². The first kappa shape index (κ1) is 14.0. The van der Waals surface area contributed by atoms with Gasteiger partial charge in [-0.25, -0.2) is 4.79 Å². The van der Waals surface area contributed by atoms with E-state index in [1.54, 1.807) is 4.90 Å². The van der Waals surface area contributed by atoms with E-state index in [0.717, 1.165) is 5.56 Å². The predicted molar refractivity (Wildman–Crippen MR) is 72.0 cm³/mol. The zero-order valence-electron chi connectivity index (χ0n) is 11.9. The van der Waals surface area contributed by atoms with Crippen LogP contribution in [0.2, 0.25) is 0 Å². The molecule has 0 unspecified atom stereocenters. The average Bonchev–Trinajstić information content (AvgIpc) is 2.92. The zero-order valence-corrected chi connectivity index (χ0v) is 11.9. The first-order chi connectivity index (χ1) is 10.1. The third-order valence-electron chi connectivity index (χ3n) is 3.88. The first-order valence-corrected chi connectivity index (χ1v) is 6.85. The number of esters is 1. The van der Waals surface area contributed by atoms with Gasteiger partial charge in [0.25, 0.3) is 5.91 Å². The summed E-state index contributed by atoms with van der Waals surface area (Å²) in [6.45, 7) is 2.32. The summed E-state index contributed by atoms with van der Waals surface area (Å²) in [5.41, 5.74) is 1.02. The lowest BCUT2D eigenvalue weighted by Crippen LogP contribution is -2.54. The number of fused-ring (bicyclic) bond motifs is 2. The molecule has 2 bridgehead atoms. The lowest BCUT2D eigenvalue weighted by molar-refractivity contribution is -0.175. The SMILES string of the molecule is COC(=O)[C@@H]1O[C@@H]2O[C@H]1C(=O)N(Cc1ccccc1)[C@H]2C. The Morgan fingerprint density at radius 1 is 1.29 bits per heavy atom. The molecule has 112 valence electrons. The molecule has 2 saturated heterocycles. The van der Waals surface area contributed by atoms with E-state index >= 15 is 0 Å². The molecular formula is C15H17NO5. The Kier molecular flexibility index (Phi) is 3.65. The molecule has 2 heterocycles. The lowest BCUT2D eigenvalue weighted by atomic mass is 10.1. The van der Waals surface area contributed by atoms with Gasteiger partial charge in [0.15, 0.2) is 18.5 Å². The summed E-state index contributed by atoms with van der Waals surface area (Å²) >= 11 is 0. The van der Waals surface area contributed by atoms with Crippen molar-refractivity contribution < 1.29 is 23.8 Å². The smallest absolute Gasteiger partial charge is 0.338 e. The minimum absolute atomic E-state index is 0.240. The maximum Gasteiger partial charge on any atom is 0.338 e. The van der Waals surface area contributed by atoms with E-state index in [9.17, 15) is 9.59 Å². The molecule has 0 aliphatic carbocycles. The van der Waals surface area contributed by atoms with Gasteiger partial charge in [-0.05, 0) is 12.5 Å². The molecule has 6 nitrogen and oxygen atoms in total. The van der Waals surface area contributed by atoms with Crippen molar-refractivity contribution in [3.63, 3.8) is 0 Å². The van der Waals surface area contributed by atoms with Crippen molar-refractivity contribution in [2.75, 3.05) is 7.11 Å². The van der Waals surface area contributed by atoms with Gasteiger partial charge in [0.05, 0.1) is 13.2 Å². The van der Waals surface area contributed by atoms with Crippen LogP contribution in [0.1, 0.15) is 12.5 Å². The van der Waals surface area contributed by atoms with Crippen molar-refractivity contribution in [2.45, 2.75) is 38.0 Å². The third kappa shape index (κ3) is 2.41. The highest BCUT2D eigenvalue weighted by Gasteiger charge is 2.54. The van der Waals surface area contributed by atoms with Crippen molar-refractivity contribution in [3.05, 3.63) is 35.9 Å². The highest BCUT2D eigenvalue weighted by molar-refractivity contribution is 5.90. The van der Waals surface area contributed by atoms with Crippen LogP contribution in [0.5, 0.6) is 0 Å². The molecule has 1 aromatic carbocycles. The molecule has 1 amide bonds. The number of hydrogen-bond donors (Lipinski definition) is 0. The number of methoxy groups -OCH3 is 1. The largest absolute Gasteiger partial charge is 0.467 e. The molecule has 3 rings (SSSR count). The maximum atomic E-state index is 12.5. The fraction of sp³-hybridized carbons (Fsp3) is 0.467. The Hall–Kier alpha value is -1.92. The molecule has 4 atom stereocenters. The van der Waals surface area contributed by atoms with Crippen molar-refractivity contribution >= 4 is 11.9 Å².